The molecule has 16 heavy (non-hydrogen) atoms. The normalized spacial score (nSPS) is 20.5. The molecule has 1 atom stereocenters. The molecule has 0 aromatic heterocycles. The standard InChI is InChI=1S/C12H15BrN2O/c1-8-3-2-4-10(12(8)14)15-7-9(6-13)5-11(15)16/h2-4,9H,5-7,14H2,1H3. The number of aryl methyl sites for hydroxylation is 1. The Morgan fingerprint density at radius 1 is 1.56 bits per heavy atom. The zero-order valence-electron chi connectivity index (χ0n) is 9.24. The summed E-state index contributed by atoms with van der Waals surface area (Å²) in [5.41, 5.74) is 8.60. The second kappa shape index (κ2) is 4.45. The monoisotopic (exact) mass is 282 g/mol. The first-order valence-electron chi connectivity index (χ1n) is 5.35. The molecule has 0 saturated carbocycles. The van der Waals surface area contributed by atoms with Crippen LogP contribution in [0.3, 0.4) is 0 Å². The molecule has 2 rings (SSSR count). The minimum atomic E-state index is 0.168. The minimum absolute atomic E-state index is 0.168. The predicted molar refractivity (Wildman–Crippen MR) is 69.8 cm³/mol. The van der Waals surface area contributed by atoms with E-state index in [1.807, 2.05) is 25.1 Å². The van der Waals surface area contributed by atoms with Crippen LogP contribution in [0.4, 0.5) is 11.4 Å². The SMILES string of the molecule is Cc1cccc(N2CC(CBr)CC2=O)c1N. The van der Waals surface area contributed by atoms with E-state index in [1.165, 1.54) is 0 Å². The van der Waals surface area contributed by atoms with Gasteiger partial charge in [0.15, 0.2) is 0 Å². The molecular weight excluding hydrogens is 268 g/mol. The number of amides is 1. The summed E-state index contributed by atoms with van der Waals surface area (Å²) < 4.78 is 0. The molecule has 1 unspecified atom stereocenters. The third-order valence-electron chi connectivity index (χ3n) is 3.02. The molecule has 1 aromatic rings. The van der Waals surface area contributed by atoms with Gasteiger partial charge in [-0.1, -0.05) is 28.1 Å². The van der Waals surface area contributed by atoms with Crippen molar-refractivity contribution in [2.24, 2.45) is 5.92 Å². The van der Waals surface area contributed by atoms with Gasteiger partial charge in [-0.05, 0) is 24.5 Å². The zero-order chi connectivity index (χ0) is 11.7. The van der Waals surface area contributed by atoms with Gasteiger partial charge in [0.1, 0.15) is 0 Å². The first-order valence-corrected chi connectivity index (χ1v) is 6.47. The fourth-order valence-corrected chi connectivity index (χ4v) is 2.45. The molecule has 1 fully saturated rings. The van der Waals surface area contributed by atoms with E-state index in [-0.39, 0.29) is 5.91 Å². The van der Waals surface area contributed by atoms with Crippen molar-refractivity contribution < 1.29 is 4.79 Å². The van der Waals surface area contributed by atoms with Gasteiger partial charge in [-0.25, -0.2) is 0 Å². The summed E-state index contributed by atoms with van der Waals surface area (Å²) >= 11 is 3.43. The Labute approximate surface area is 104 Å². The molecule has 3 nitrogen and oxygen atoms in total. The number of nitrogens with two attached hydrogens (primary N) is 1. The first kappa shape index (κ1) is 11.5. The third kappa shape index (κ3) is 1.94. The summed E-state index contributed by atoms with van der Waals surface area (Å²) in [6, 6.07) is 5.81. The van der Waals surface area contributed by atoms with Crippen LogP contribution in [0.5, 0.6) is 0 Å². The number of alkyl halides is 1. The van der Waals surface area contributed by atoms with Crippen LogP contribution in [0.2, 0.25) is 0 Å². The van der Waals surface area contributed by atoms with Crippen molar-refractivity contribution in [2.75, 3.05) is 22.5 Å². The van der Waals surface area contributed by atoms with Crippen molar-refractivity contribution in [1.29, 1.82) is 0 Å². The number of hydrogen-bond donors (Lipinski definition) is 1. The fraction of sp³-hybridized carbons (Fsp3) is 0.417. The molecule has 86 valence electrons. The highest BCUT2D eigenvalue weighted by atomic mass is 79.9. The average Bonchev–Trinajstić information content (AvgIpc) is 2.64. The Balaban J connectivity index is 2.31. The molecule has 0 aliphatic carbocycles. The van der Waals surface area contributed by atoms with Crippen LogP contribution in [0.25, 0.3) is 0 Å². The lowest BCUT2D eigenvalue weighted by atomic mass is 10.1. The molecule has 1 aromatic carbocycles. The van der Waals surface area contributed by atoms with E-state index in [4.69, 9.17) is 5.73 Å². The maximum atomic E-state index is 11.9. The van der Waals surface area contributed by atoms with E-state index >= 15 is 0 Å². The molecule has 1 saturated heterocycles. The van der Waals surface area contributed by atoms with Crippen LogP contribution in [-0.2, 0) is 4.79 Å². The van der Waals surface area contributed by atoms with Crippen molar-refractivity contribution in [1.82, 2.24) is 0 Å². The van der Waals surface area contributed by atoms with Crippen molar-refractivity contribution in [3.63, 3.8) is 0 Å². The van der Waals surface area contributed by atoms with Gasteiger partial charge >= 0.3 is 0 Å². The van der Waals surface area contributed by atoms with Gasteiger partial charge in [0, 0.05) is 18.3 Å². The van der Waals surface area contributed by atoms with Crippen molar-refractivity contribution in [3.05, 3.63) is 23.8 Å². The van der Waals surface area contributed by atoms with Gasteiger partial charge in [0.05, 0.1) is 11.4 Å². The summed E-state index contributed by atoms with van der Waals surface area (Å²) in [5.74, 6) is 0.564. The van der Waals surface area contributed by atoms with Crippen LogP contribution in [-0.4, -0.2) is 17.8 Å². The number of para-hydroxylation sites is 1. The van der Waals surface area contributed by atoms with Crippen LogP contribution in [0.1, 0.15) is 12.0 Å². The molecule has 2 N–H and O–H groups in total. The highest BCUT2D eigenvalue weighted by molar-refractivity contribution is 9.09. The lowest BCUT2D eigenvalue weighted by molar-refractivity contribution is -0.117. The predicted octanol–water partition coefficient (Wildman–Crippen LogP) is 2.33. The van der Waals surface area contributed by atoms with Crippen LogP contribution in [0, 0.1) is 12.8 Å². The van der Waals surface area contributed by atoms with Crippen LogP contribution in [0.15, 0.2) is 18.2 Å². The van der Waals surface area contributed by atoms with Gasteiger partial charge in [0.2, 0.25) is 5.91 Å². The van der Waals surface area contributed by atoms with Crippen LogP contribution >= 0.6 is 15.9 Å². The number of halogens is 1. The number of benzene rings is 1. The highest BCUT2D eigenvalue weighted by Gasteiger charge is 2.30. The molecule has 1 aliphatic rings. The summed E-state index contributed by atoms with van der Waals surface area (Å²) in [7, 11) is 0. The summed E-state index contributed by atoms with van der Waals surface area (Å²) in [4.78, 5) is 13.7. The van der Waals surface area contributed by atoms with E-state index in [0.29, 0.717) is 18.0 Å². The van der Waals surface area contributed by atoms with Crippen LogP contribution < -0.4 is 10.6 Å². The molecule has 1 aliphatic heterocycles. The molecule has 0 bridgehead atoms. The number of nitrogens with zero attached hydrogens (tertiary/aromatic N) is 1. The van der Waals surface area contributed by atoms with E-state index in [1.54, 1.807) is 4.90 Å². The van der Waals surface area contributed by atoms with Crippen molar-refractivity contribution in [2.45, 2.75) is 13.3 Å². The van der Waals surface area contributed by atoms with E-state index in [2.05, 4.69) is 15.9 Å². The number of carbonyl (C=O) groups excluding carboxylic acids is 1. The number of nitrogen functional groups attached to an aromatic ring is 1. The van der Waals surface area contributed by atoms with Crippen molar-refractivity contribution in [3.8, 4) is 0 Å². The first-order chi connectivity index (χ1) is 7.63. The van der Waals surface area contributed by atoms with E-state index < -0.39 is 0 Å². The van der Waals surface area contributed by atoms with Gasteiger partial charge < -0.3 is 10.6 Å². The molecule has 0 radical (unpaired) electrons. The second-order valence-electron chi connectivity index (χ2n) is 4.24. The molecule has 1 amide bonds. The van der Waals surface area contributed by atoms with Gasteiger partial charge in [0.25, 0.3) is 0 Å². The number of anilines is 2. The molecular formula is C12H15BrN2O. The second-order valence-corrected chi connectivity index (χ2v) is 4.88. The largest absolute Gasteiger partial charge is 0.397 e. The van der Waals surface area contributed by atoms with E-state index in [0.717, 1.165) is 23.1 Å². The molecule has 0 spiro atoms. The fourth-order valence-electron chi connectivity index (χ4n) is 2.02. The number of rotatable bonds is 2. The summed E-state index contributed by atoms with van der Waals surface area (Å²) in [6.07, 6.45) is 0.610. The lowest BCUT2D eigenvalue weighted by Gasteiger charge is -2.19. The Kier molecular flexibility index (Phi) is 3.19. The quantitative estimate of drug-likeness (QED) is 0.669. The summed E-state index contributed by atoms with van der Waals surface area (Å²) in [6.45, 7) is 2.72. The number of hydrogen-bond acceptors (Lipinski definition) is 2. The molecule has 4 heteroatoms. The van der Waals surface area contributed by atoms with Gasteiger partial charge in [-0.2, -0.15) is 0 Å². The van der Waals surface area contributed by atoms with Gasteiger partial charge in [-0.3, -0.25) is 4.79 Å². The third-order valence-corrected chi connectivity index (χ3v) is 3.93. The zero-order valence-corrected chi connectivity index (χ0v) is 10.8. The van der Waals surface area contributed by atoms with E-state index in [9.17, 15) is 4.79 Å². The maximum Gasteiger partial charge on any atom is 0.227 e. The Hall–Kier alpha value is -1.03. The smallest absolute Gasteiger partial charge is 0.227 e. The molecule has 1 heterocycles. The Bertz CT molecular complexity index is 419. The highest BCUT2D eigenvalue weighted by Crippen LogP contribution is 2.31. The summed E-state index contributed by atoms with van der Waals surface area (Å²) in [5, 5.41) is 0.862. The lowest BCUT2D eigenvalue weighted by Crippen LogP contribution is -2.25. The Morgan fingerprint density at radius 3 is 2.94 bits per heavy atom. The topological polar surface area (TPSA) is 46.3 Å². The number of carbonyl (C=O) groups is 1. The minimum Gasteiger partial charge on any atom is -0.397 e. The Morgan fingerprint density at radius 2 is 2.31 bits per heavy atom. The average molecular weight is 283 g/mol. The maximum absolute atomic E-state index is 11.9. The van der Waals surface area contributed by atoms with Crippen molar-refractivity contribution >= 4 is 33.2 Å². The van der Waals surface area contributed by atoms with Gasteiger partial charge in [-0.15, -0.1) is 0 Å².